The quantitative estimate of drug-likeness (QED) is 0.361. The van der Waals surface area contributed by atoms with E-state index in [0.29, 0.717) is 23.6 Å². The molecule has 0 fully saturated rings. The van der Waals surface area contributed by atoms with E-state index in [4.69, 9.17) is 19.9 Å². The van der Waals surface area contributed by atoms with E-state index in [9.17, 15) is 9.59 Å². The number of carbonyl (C=O) groups excluding carboxylic acids is 2. The number of aryl methyl sites for hydroxylation is 1. The summed E-state index contributed by atoms with van der Waals surface area (Å²) in [6.07, 6.45) is 7.26. The van der Waals surface area contributed by atoms with E-state index in [0.717, 1.165) is 21.9 Å². The number of anilines is 1. The molecule has 0 aliphatic carbocycles. The summed E-state index contributed by atoms with van der Waals surface area (Å²) in [7, 11) is 1.15. The number of nitrogens with two attached hydrogens (primary N) is 1. The highest BCUT2D eigenvalue weighted by Gasteiger charge is 2.43. The molecule has 3 N–H and O–H groups in total. The number of primary amides is 1. The van der Waals surface area contributed by atoms with Crippen molar-refractivity contribution in [3.63, 3.8) is 0 Å². The summed E-state index contributed by atoms with van der Waals surface area (Å²) >= 11 is 1.32. The summed E-state index contributed by atoms with van der Waals surface area (Å²) in [5, 5.41) is 7.58. The number of hydrogen-bond donors (Lipinski definition) is 2. The van der Waals surface area contributed by atoms with Gasteiger partial charge in [-0.05, 0) is 58.1 Å². The summed E-state index contributed by atoms with van der Waals surface area (Å²) in [5.41, 5.74) is 6.81. The van der Waals surface area contributed by atoms with Crippen LogP contribution in [-0.2, 0) is 39.9 Å². The van der Waals surface area contributed by atoms with E-state index in [1.54, 1.807) is 17.8 Å². The third kappa shape index (κ3) is 6.85. The summed E-state index contributed by atoms with van der Waals surface area (Å²) in [6.45, 7) is 8.97. The predicted octanol–water partition coefficient (Wildman–Crippen LogP) is 3.60. The summed E-state index contributed by atoms with van der Waals surface area (Å²) in [5.74, 6) is 0.0249. The fourth-order valence-corrected chi connectivity index (χ4v) is 6.04. The smallest absolute Gasteiger partial charge is 0.276 e. The Morgan fingerprint density at radius 2 is 1.94 bits per heavy atom. The second kappa shape index (κ2) is 10.2. The number of ether oxygens (including phenoxy) is 3. The Morgan fingerprint density at radius 1 is 1.26 bits per heavy atom. The fourth-order valence-electron chi connectivity index (χ4n) is 4.16. The molecule has 0 radical (unpaired) electrons. The van der Waals surface area contributed by atoms with Gasteiger partial charge in [-0.1, -0.05) is 0 Å². The number of amides is 2. The zero-order valence-corrected chi connectivity index (χ0v) is 23.6. The van der Waals surface area contributed by atoms with Gasteiger partial charge >= 0.3 is 0 Å². The first-order chi connectivity index (χ1) is 16.1. The van der Waals surface area contributed by atoms with Gasteiger partial charge in [0.1, 0.15) is 11.8 Å². The van der Waals surface area contributed by atoms with Crippen molar-refractivity contribution in [2.75, 3.05) is 43.2 Å². The Bertz CT molecular complexity index is 1100. The van der Waals surface area contributed by atoms with Gasteiger partial charge in [-0.15, -0.1) is 11.3 Å². The Morgan fingerprint density at radius 3 is 2.57 bits per heavy atom. The molecule has 2 aromatic rings. The highest BCUT2D eigenvalue weighted by Crippen LogP contribution is 2.48. The van der Waals surface area contributed by atoms with Crippen LogP contribution in [0.25, 0.3) is 0 Å². The lowest BCUT2D eigenvalue weighted by molar-refractivity contribution is -0.135. The van der Waals surface area contributed by atoms with Crippen LogP contribution >= 0.6 is 21.4 Å². The number of nitrogens with zero attached hydrogens (tertiary/aromatic N) is 2. The van der Waals surface area contributed by atoms with Gasteiger partial charge in [0.2, 0.25) is 0 Å². The zero-order valence-electron chi connectivity index (χ0n) is 21.9. The third-order valence-electron chi connectivity index (χ3n) is 5.63. The molecule has 0 atom stereocenters. The maximum absolute atomic E-state index is 13.0. The van der Waals surface area contributed by atoms with Crippen molar-refractivity contribution in [1.29, 1.82) is 0 Å². The van der Waals surface area contributed by atoms with E-state index < -0.39 is 33.0 Å². The van der Waals surface area contributed by atoms with E-state index >= 15 is 0 Å². The molecular formula is C24H38N4O5S2. The number of fused-ring (bicyclic) bond motifs is 1. The van der Waals surface area contributed by atoms with Crippen molar-refractivity contribution < 1.29 is 23.8 Å². The molecule has 0 aromatic carbocycles. The number of hydrogen-bond acceptors (Lipinski definition) is 7. The van der Waals surface area contributed by atoms with Crippen LogP contribution in [0.15, 0.2) is 6.07 Å². The van der Waals surface area contributed by atoms with Gasteiger partial charge in [0.15, 0.2) is 5.69 Å². The molecule has 35 heavy (non-hydrogen) atoms. The highest BCUT2D eigenvalue weighted by molar-refractivity contribution is 8.32. The molecule has 9 nitrogen and oxygen atoms in total. The summed E-state index contributed by atoms with van der Waals surface area (Å²) < 4.78 is 19.0. The molecule has 1 aliphatic heterocycles. The van der Waals surface area contributed by atoms with Gasteiger partial charge in [0, 0.05) is 24.1 Å². The van der Waals surface area contributed by atoms with Gasteiger partial charge in [0.05, 0.1) is 35.7 Å². The first-order valence-corrected chi connectivity index (χ1v) is 15.3. The molecular weight excluding hydrogens is 488 g/mol. The number of nitrogens with one attached hydrogen (secondary N) is 1. The Kier molecular flexibility index (Phi) is 8.07. The van der Waals surface area contributed by atoms with Gasteiger partial charge in [-0.25, -0.2) is 10.0 Å². The second-order valence-electron chi connectivity index (χ2n) is 10.8. The number of carbonyl (C=O) groups is 2. The van der Waals surface area contributed by atoms with Crippen LogP contribution in [0.2, 0.25) is 0 Å². The number of thiophene rings is 1. The second-order valence-corrected chi connectivity index (χ2v) is 16.4. The Balaban J connectivity index is 1.70. The molecule has 3 heterocycles. The third-order valence-corrected chi connectivity index (χ3v) is 8.47. The fraction of sp³-hybridized carbons (Fsp3) is 0.625. The monoisotopic (exact) mass is 526 g/mol. The number of rotatable bonds is 10. The lowest BCUT2D eigenvalue weighted by atomic mass is 9.86. The maximum atomic E-state index is 13.0. The van der Waals surface area contributed by atoms with Crippen molar-refractivity contribution in [2.45, 2.75) is 51.9 Å². The summed E-state index contributed by atoms with van der Waals surface area (Å²) in [4.78, 5) is 26.3. The first kappa shape index (κ1) is 27.7. The minimum Gasteiger partial charge on any atom is -0.365 e. The SMILES string of the molecule is Cn1nc(C(=O)Nc2sc3c(c2C(N)=O)CC(C)(C)OC3(C)C)cc1COCOCCS(C)(C)C. The molecule has 0 saturated carbocycles. The molecule has 2 aromatic heterocycles. The van der Waals surface area contributed by atoms with Crippen LogP contribution in [0.5, 0.6) is 0 Å². The first-order valence-electron chi connectivity index (χ1n) is 11.4. The molecule has 3 rings (SSSR count). The van der Waals surface area contributed by atoms with Crippen molar-refractivity contribution in [3.8, 4) is 0 Å². The van der Waals surface area contributed by atoms with Crippen molar-refractivity contribution in [2.24, 2.45) is 12.8 Å². The van der Waals surface area contributed by atoms with Gasteiger partial charge in [-0.2, -0.15) is 5.10 Å². The average molecular weight is 527 g/mol. The van der Waals surface area contributed by atoms with Crippen molar-refractivity contribution >= 4 is 38.2 Å². The molecule has 0 unspecified atom stereocenters. The molecule has 0 bridgehead atoms. The topological polar surface area (TPSA) is 118 Å². The zero-order chi connectivity index (χ0) is 26.2. The minimum absolute atomic E-state index is 0.180. The summed E-state index contributed by atoms with van der Waals surface area (Å²) in [6, 6.07) is 1.67. The molecule has 0 spiro atoms. The maximum Gasteiger partial charge on any atom is 0.276 e. The average Bonchev–Trinajstić information content (AvgIpc) is 3.23. The predicted molar refractivity (Wildman–Crippen MR) is 142 cm³/mol. The van der Waals surface area contributed by atoms with Gasteiger partial charge < -0.3 is 25.3 Å². The normalized spacial score (nSPS) is 17.1. The van der Waals surface area contributed by atoms with Crippen LogP contribution in [0.3, 0.4) is 0 Å². The van der Waals surface area contributed by atoms with Crippen LogP contribution in [0.4, 0.5) is 5.00 Å². The number of aromatic nitrogens is 2. The van der Waals surface area contributed by atoms with Crippen LogP contribution in [0, 0.1) is 0 Å². The Hall–Kier alpha value is -1.92. The standard InChI is InChI=1S/C24H38N4O5S2/c1-23(2)12-16-18(20(25)29)22(34-19(16)24(3,4)33-23)26-21(30)17-11-15(28(5)27-17)13-32-14-31-9-10-35(6,7)8/h11H,9-10,12-14H2,1-8H3,(H2,25,29)(H,26,30). The highest BCUT2D eigenvalue weighted by atomic mass is 32.3. The van der Waals surface area contributed by atoms with E-state index in [2.05, 4.69) is 29.2 Å². The van der Waals surface area contributed by atoms with E-state index in [1.165, 1.54) is 11.3 Å². The van der Waals surface area contributed by atoms with Crippen molar-refractivity contribution in [1.82, 2.24) is 9.78 Å². The van der Waals surface area contributed by atoms with E-state index in [1.807, 2.05) is 27.7 Å². The van der Waals surface area contributed by atoms with Crippen LogP contribution < -0.4 is 11.1 Å². The lowest BCUT2D eigenvalue weighted by Gasteiger charge is -2.41. The largest absolute Gasteiger partial charge is 0.365 e. The molecule has 11 heteroatoms. The van der Waals surface area contributed by atoms with Gasteiger partial charge in [0.25, 0.3) is 11.8 Å². The van der Waals surface area contributed by atoms with E-state index in [-0.39, 0.29) is 19.1 Å². The van der Waals surface area contributed by atoms with Crippen LogP contribution in [-0.4, -0.2) is 65.1 Å². The minimum atomic E-state index is -0.610. The molecule has 2 amide bonds. The van der Waals surface area contributed by atoms with Gasteiger partial charge in [-0.3, -0.25) is 14.3 Å². The van der Waals surface area contributed by atoms with Crippen LogP contribution in [0.1, 0.15) is 64.7 Å². The lowest BCUT2D eigenvalue weighted by Crippen LogP contribution is -2.42. The molecule has 1 aliphatic rings. The van der Waals surface area contributed by atoms with Crippen molar-refractivity contribution in [3.05, 3.63) is 33.5 Å². The Labute approximate surface area is 213 Å². The molecule has 0 saturated heterocycles. The molecule has 196 valence electrons.